The van der Waals surface area contributed by atoms with Crippen LogP contribution >= 0.6 is 0 Å². The molecule has 0 saturated carbocycles. The molecule has 3 atom stereocenters. The first-order valence-corrected chi connectivity index (χ1v) is 5.03. The van der Waals surface area contributed by atoms with E-state index in [4.69, 9.17) is 4.74 Å². The molecule has 0 bridgehead atoms. The topological polar surface area (TPSA) is 26.3 Å². The van der Waals surface area contributed by atoms with Crippen LogP contribution in [0.3, 0.4) is 0 Å². The van der Waals surface area contributed by atoms with Crippen LogP contribution in [0.2, 0.25) is 0 Å². The SMILES string of the molecule is CC(C)[C@@H]1C=C[C@@H]2COC(=O)[C@H]2C1. The zero-order valence-electron chi connectivity index (χ0n) is 8.19. The Morgan fingerprint density at radius 1 is 1.46 bits per heavy atom. The summed E-state index contributed by atoms with van der Waals surface area (Å²) >= 11 is 0. The Kier molecular flexibility index (Phi) is 2.14. The van der Waals surface area contributed by atoms with Gasteiger partial charge in [-0.3, -0.25) is 4.79 Å². The summed E-state index contributed by atoms with van der Waals surface area (Å²) in [5.74, 6) is 1.72. The number of cyclic esters (lactones) is 1. The summed E-state index contributed by atoms with van der Waals surface area (Å²) in [5.41, 5.74) is 0. The molecule has 0 amide bonds. The molecule has 0 radical (unpaired) electrons. The lowest BCUT2D eigenvalue weighted by atomic mass is 9.77. The molecule has 0 unspecified atom stereocenters. The molecule has 0 spiro atoms. The summed E-state index contributed by atoms with van der Waals surface area (Å²) in [5, 5.41) is 0. The highest BCUT2D eigenvalue weighted by molar-refractivity contribution is 5.75. The Bertz CT molecular complexity index is 242. The molecule has 0 N–H and O–H groups in total. The average molecular weight is 180 g/mol. The lowest BCUT2D eigenvalue weighted by molar-refractivity contribution is -0.141. The van der Waals surface area contributed by atoms with Crippen molar-refractivity contribution in [2.75, 3.05) is 6.61 Å². The Hall–Kier alpha value is -0.790. The van der Waals surface area contributed by atoms with Crippen LogP contribution in [0.1, 0.15) is 20.3 Å². The largest absolute Gasteiger partial charge is 0.465 e. The predicted molar refractivity (Wildman–Crippen MR) is 50.0 cm³/mol. The van der Waals surface area contributed by atoms with Crippen molar-refractivity contribution < 1.29 is 9.53 Å². The third-order valence-corrected chi connectivity index (χ3v) is 3.23. The molecule has 1 heterocycles. The van der Waals surface area contributed by atoms with Crippen LogP contribution in [0.15, 0.2) is 12.2 Å². The van der Waals surface area contributed by atoms with Crippen LogP contribution in [0.5, 0.6) is 0 Å². The lowest BCUT2D eigenvalue weighted by Crippen LogP contribution is -2.24. The smallest absolute Gasteiger partial charge is 0.309 e. The van der Waals surface area contributed by atoms with Crippen molar-refractivity contribution in [1.82, 2.24) is 0 Å². The monoisotopic (exact) mass is 180 g/mol. The summed E-state index contributed by atoms with van der Waals surface area (Å²) in [6.07, 6.45) is 5.41. The van der Waals surface area contributed by atoms with Gasteiger partial charge in [0.25, 0.3) is 0 Å². The first-order valence-electron chi connectivity index (χ1n) is 5.03. The first-order chi connectivity index (χ1) is 6.18. The fourth-order valence-electron chi connectivity index (χ4n) is 2.19. The fraction of sp³-hybridized carbons (Fsp3) is 0.727. The van der Waals surface area contributed by atoms with Crippen LogP contribution in [-0.4, -0.2) is 12.6 Å². The minimum Gasteiger partial charge on any atom is -0.465 e. The second-order valence-corrected chi connectivity index (χ2v) is 4.43. The van der Waals surface area contributed by atoms with Crippen LogP contribution in [-0.2, 0) is 9.53 Å². The second kappa shape index (κ2) is 3.17. The molecule has 1 fully saturated rings. The van der Waals surface area contributed by atoms with Crippen molar-refractivity contribution in [3.05, 3.63) is 12.2 Å². The maximum absolute atomic E-state index is 11.3. The third kappa shape index (κ3) is 1.50. The van der Waals surface area contributed by atoms with E-state index in [0.717, 1.165) is 6.42 Å². The minimum atomic E-state index is 0.0139. The van der Waals surface area contributed by atoms with E-state index in [1.807, 2.05) is 0 Å². The molecule has 2 rings (SSSR count). The first kappa shape index (κ1) is 8.79. The number of hydrogen-bond donors (Lipinski definition) is 0. The van der Waals surface area contributed by atoms with Gasteiger partial charge in [0, 0.05) is 5.92 Å². The van der Waals surface area contributed by atoms with Crippen molar-refractivity contribution in [2.45, 2.75) is 20.3 Å². The van der Waals surface area contributed by atoms with Crippen molar-refractivity contribution >= 4 is 5.97 Å². The number of ether oxygens (including phenoxy) is 1. The summed E-state index contributed by atoms with van der Waals surface area (Å²) in [6, 6.07) is 0. The number of rotatable bonds is 1. The van der Waals surface area contributed by atoms with E-state index < -0.39 is 0 Å². The van der Waals surface area contributed by atoms with Crippen LogP contribution in [0, 0.1) is 23.7 Å². The van der Waals surface area contributed by atoms with Crippen molar-refractivity contribution in [3.8, 4) is 0 Å². The minimum absolute atomic E-state index is 0.0139. The zero-order valence-corrected chi connectivity index (χ0v) is 8.19. The molecule has 2 aliphatic rings. The second-order valence-electron chi connectivity index (χ2n) is 4.43. The number of allylic oxidation sites excluding steroid dienone is 1. The van der Waals surface area contributed by atoms with E-state index >= 15 is 0 Å². The molecule has 13 heavy (non-hydrogen) atoms. The quantitative estimate of drug-likeness (QED) is 0.456. The molecule has 0 aromatic rings. The lowest BCUT2D eigenvalue weighted by Gasteiger charge is -2.25. The van der Waals surface area contributed by atoms with E-state index in [1.54, 1.807) is 0 Å². The molecule has 2 heteroatoms. The number of esters is 1. The van der Waals surface area contributed by atoms with E-state index in [9.17, 15) is 4.79 Å². The molecule has 1 saturated heterocycles. The standard InChI is InChI=1S/C11H16O2/c1-7(2)8-3-4-9-6-13-11(12)10(9)5-8/h3-4,7-10H,5-6H2,1-2H3/t8-,9-,10+/m1/s1. The van der Waals surface area contributed by atoms with Gasteiger partial charge in [0.15, 0.2) is 0 Å². The van der Waals surface area contributed by atoms with Gasteiger partial charge >= 0.3 is 5.97 Å². The predicted octanol–water partition coefficient (Wildman–Crippen LogP) is 2.01. The highest BCUT2D eigenvalue weighted by Gasteiger charge is 2.39. The van der Waals surface area contributed by atoms with Gasteiger partial charge in [-0.25, -0.2) is 0 Å². The Morgan fingerprint density at radius 2 is 2.23 bits per heavy atom. The number of fused-ring (bicyclic) bond motifs is 1. The van der Waals surface area contributed by atoms with Crippen LogP contribution in [0.4, 0.5) is 0 Å². The maximum atomic E-state index is 11.3. The van der Waals surface area contributed by atoms with Crippen molar-refractivity contribution in [3.63, 3.8) is 0 Å². The van der Waals surface area contributed by atoms with E-state index in [-0.39, 0.29) is 11.9 Å². The van der Waals surface area contributed by atoms with Gasteiger partial charge in [-0.15, -0.1) is 0 Å². The average Bonchev–Trinajstić information content (AvgIpc) is 2.47. The molecular weight excluding hydrogens is 164 g/mol. The Labute approximate surface area is 79.0 Å². The Morgan fingerprint density at radius 3 is 2.92 bits per heavy atom. The van der Waals surface area contributed by atoms with Gasteiger partial charge < -0.3 is 4.74 Å². The maximum Gasteiger partial charge on any atom is 0.309 e. The zero-order chi connectivity index (χ0) is 9.42. The molecule has 72 valence electrons. The highest BCUT2D eigenvalue weighted by Crippen LogP contribution is 2.36. The Balaban J connectivity index is 2.12. The van der Waals surface area contributed by atoms with E-state index in [0.29, 0.717) is 24.4 Å². The number of carbonyl (C=O) groups is 1. The van der Waals surface area contributed by atoms with E-state index in [2.05, 4.69) is 26.0 Å². The van der Waals surface area contributed by atoms with Gasteiger partial charge in [-0.1, -0.05) is 26.0 Å². The summed E-state index contributed by atoms with van der Waals surface area (Å²) in [7, 11) is 0. The van der Waals surface area contributed by atoms with Gasteiger partial charge in [-0.05, 0) is 18.3 Å². The van der Waals surface area contributed by atoms with Crippen molar-refractivity contribution in [1.29, 1.82) is 0 Å². The van der Waals surface area contributed by atoms with Gasteiger partial charge in [0.05, 0.1) is 12.5 Å². The van der Waals surface area contributed by atoms with Gasteiger partial charge in [-0.2, -0.15) is 0 Å². The molecule has 1 aliphatic heterocycles. The highest BCUT2D eigenvalue weighted by atomic mass is 16.5. The van der Waals surface area contributed by atoms with E-state index in [1.165, 1.54) is 0 Å². The third-order valence-electron chi connectivity index (χ3n) is 3.23. The summed E-state index contributed by atoms with van der Waals surface area (Å²) in [4.78, 5) is 11.3. The normalized spacial score (nSPS) is 37.8. The number of hydrogen-bond acceptors (Lipinski definition) is 2. The van der Waals surface area contributed by atoms with Gasteiger partial charge in [0.2, 0.25) is 0 Å². The molecular formula is C11H16O2. The molecule has 0 aromatic carbocycles. The molecule has 2 nitrogen and oxygen atoms in total. The molecule has 1 aliphatic carbocycles. The molecule has 0 aromatic heterocycles. The number of carbonyl (C=O) groups excluding carboxylic acids is 1. The van der Waals surface area contributed by atoms with Gasteiger partial charge in [0.1, 0.15) is 0 Å². The summed E-state index contributed by atoms with van der Waals surface area (Å²) < 4.78 is 5.04. The van der Waals surface area contributed by atoms with Crippen LogP contribution < -0.4 is 0 Å². The fourth-order valence-corrected chi connectivity index (χ4v) is 2.19. The van der Waals surface area contributed by atoms with Crippen molar-refractivity contribution in [2.24, 2.45) is 23.7 Å². The summed E-state index contributed by atoms with van der Waals surface area (Å²) in [6.45, 7) is 5.01. The van der Waals surface area contributed by atoms with Crippen LogP contribution in [0.25, 0.3) is 0 Å².